The summed E-state index contributed by atoms with van der Waals surface area (Å²) in [7, 11) is 0. The van der Waals surface area contributed by atoms with Gasteiger partial charge in [-0.3, -0.25) is 9.59 Å². The molecule has 0 atom stereocenters. The van der Waals surface area contributed by atoms with Gasteiger partial charge >= 0.3 is 11.9 Å². The number of halogens is 5. The van der Waals surface area contributed by atoms with E-state index in [4.69, 9.17) is 14.7 Å². The molecule has 0 amide bonds. The number of esters is 2. The summed E-state index contributed by atoms with van der Waals surface area (Å²) in [6, 6.07) is 12.3. The standard InChI is InChI=1S/C35H30F5NO4/c1-2-24(11-10-23(21-36)22-41)28-15-13-26(19-31(28)38)44-34(42)8-6-4-3-5-7-9-35(43)45-27-14-16-29(32(39)20-27)25-12-17-30(37)33(40)18-25/h2,10-20H,1,3-9,21H2/b23-10+,24-11+. The molecule has 0 aliphatic carbocycles. The van der Waals surface area contributed by atoms with Crippen molar-refractivity contribution in [2.75, 3.05) is 6.67 Å². The highest BCUT2D eigenvalue weighted by Crippen LogP contribution is 2.28. The Labute approximate surface area is 257 Å². The Kier molecular flexibility index (Phi) is 13.2. The van der Waals surface area contributed by atoms with Crippen LogP contribution in [0, 0.1) is 34.6 Å². The van der Waals surface area contributed by atoms with Gasteiger partial charge in [0.05, 0.1) is 11.6 Å². The molecule has 234 valence electrons. The molecular weight excluding hydrogens is 593 g/mol. The second-order valence-electron chi connectivity index (χ2n) is 9.89. The zero-order chi connectivity index (χ0) is 32.8. The molecule has 3 aromatic rings. The summed E-state index contributed by atoms with van der Waals surface area (Å²) >= 11 is 0. The molecule has 3 rings (SSSR count). The third-order valence-electron chi connectivity index (χ3n) is 6.62. The first-order valence-corrected chi connectivity index (χ1v) is 14.1. The number of hydrogen-bond donors (Lipinski definition) is 0. The molecule has 0 spiro atoms. The monoisotopic (exact) mass is 623 g/mol. The number of carbonyl (C=O) groups is 2. The number of nitriles is 1. The molecule has 0 unspecified atom stereocenters. The Bertz CT molecular complexity index is 1640. The van der Waals surface area contributed by atoms with Gasteiger partial charge in [0.15, 0.2) is 11.6 Å². The number of hydrogen-bond acceptors (Lipinski definition) is 5. The van der Waals surface area contributed by atoms with Crippen LogP contribution in [0.3, 0.4) is 0 Å². The van der Waals surface area contributed by atoms with Gasteiger partial charge in [-0.1, -0.05) is 44.1 Å². The normalized spacial score (nSPS) is 11.6. The van der Waals surface area contributed by atoms with Crippen LogP contribution in [0.1, 0.15) is 50.5 Å². The van der Waals surface area contributed by atoms with E-state index in [0.29, 0.717) is 31.3 Å². The number of benzene rings is 3. The van der Waals surface area contributed by atoms with E-state index in [-0.39, 0.29) is 46.6 Å². The molecule has 0 saturated heterocycles. The van der Waals surface area contributed by atoms with E-state index in [9.17, 15) is 31.5 Å². The van der Waals surface area contributed by atoms with E-state index in [1.165, 1.54) is 48.6 Å². The number of carbonyl (C=O) groups excluding carboxylic acids is 2. The lowest BCUT2D eigenvalue weighted by molar-refractivity contribution is -0.135. The smallest absolute Gasteiger partial charge is 0.311 e. The SMILES string of the molecule is C=C/C(=C\C=C(\C#N)CF)c1ccc(OC(=O)CCCCCCCC(=O)Oc2ccc(-c3ccc(F)c(F)c3)c(F)c2)cc1F. The summed E-state index contributed by atoms with van der Waals surface area (Å²) in [5.74, 6) is -4.62. The maximum atomic E-state index is 14.6. The van der Waals surface area contributed by atoms with Crippen LogP contribution in [0.5, 0.6) is 11.5 Å². The van der Waals surface area contributed by atoms with Crippen LogP contribution in [0.4, 0.5) is 22.0 Å². The second-order valence-corrected chi connectivity index (χ2v) is 9.89. The third kappa shape index (κ3) is 10.6. The maximum Gasteiger partial charge on any atom is 0.311 e. The van der Waals surface area contributed by atoms with Crippen molar-refractivity contribution in [3.63, 3.8) is 0 Å². The van der Waals surface area contributed by atoms with E-state index >= 15 is 0 Å². The highest BCUT2D eigenvalue weighted by molar-refractivity contribution is 5.77. The lowest BCUT2D eigenvalue weighted by Crippen LogP contribution is -2.08. The minimum Gasteiger partial charge on any atom is -0.426 e. The van der Waals surface area contributed by atoms with Crippen LogP contribution in [0.2, 0.25) is 0 Å². The number of unbranched alkanes of at least 4 members (excludes halogenated alkanes) is 4. The summed E-state index contributed by atoms with van der Waals surface area (Å²) in [6.45, 7) is 2.66. The van der Waals surface area contributed by atoms with Crippen LogP contribution in [-0.4, -0.2) is 18.6 Å². The topological polar surface area (TPSA) is 76.4 Å². The van der Waals surface area contributed by atoms with Gasteiger partial charge in [0.25, 0.3) is 0 Å². The molecule has 0 aliphatic rings. The summed E-state index contributed by atoms with van der Waals surface area (Å²) in [5, 5.41) is 8.81. The van der Waals surface area contributed by atoms with Gasteiger partial charge in [-0.05, 0) is 66.5 Å². The molecule has 3 aromatic carbocycles. The summed E-state index contributed by atoms with van der Waals surface area (Å²) < 4.78 is 78.8. The molecule has 0 N–H and O–H groups in total. The Morgan fingerprint density at radius 3 is 1.87 bits per heavy atom. The second kappa shape index (κ2) is 17.3. The minimum atomic E-state index is -1.10. The van der Waals surface area contributed by atoms with E-state index < -0.39 is 41.9 Å². The molecule has 0 fully saturated rings. The quantitative estimate of drug-likeness (QED) is 0.0422. The molecule has 0 bridgehead atoms. The van der Waals surface area contributed by atoms with Crippen LogP contribution in [-0.2, 0) is 9.59 Å². The predicted molar refractivity (Wildman–Crippen MR) is 160 cm³/mol. The molecule has 0 aromatic heterocycles. The largest absolute Gasteiger partial charge is 0.426 e. The fraction of sp³-hybridized carbons (Fsp3) is 0.229. The third-order valence-corrected chi connectivity index (χ3v) is 6.62. The van der Waals surface area contributed by atoms with Gasteiger partial charge in [0, 0.05) is 36.1 Å². The predicted octanol–water partition coefficient (Wildman–Crippen LogP) is 9.14. The number of allylic oxidation sites excluding steroid dienone is 5. The van der Waals surface area contributed by atoms with Crippen LogP contribution in [0.25, 0.3) is 16.7 Å². The highest BCUT2D eigenvalue weighted by Gasteiger charge is 2.13. The van der Waals surface area contributed by atoms with Gasteiger partial charge in [0.1, 0.15) is 29.8 Å². The van der Waals surface area contributed by atoms with Gasteiger partial charge in [-0.2, -0.15) is 5.26 Å². The average molecular weight is 624 g/mol. The first-order valence-electron chi connectivity index (χ1n) is 14.1. The maximum absolute atomic E-state index is 14.6. The number of alkyl halides is 1. The fourth-order valence-corrected chi connectivity index (χ4v) is 4.25. The Hall–Kier alpha value is -5.04. The zero-order valence-corrected chi connectivity index (χ0v) is 24.3. The Morgan fingerprint density at radius 2 is 1.33 bits per heavy atom. The summed E-state index contributed by atoms with van der Waals surface area (Å²) in [6.07, 6.45) is 7.36. The molecule has 0 saturated carbocycles. The molecule has 5 nitrogen and oxygen atoms in total. The van der Waals surface area contributed by atoms with Crippen LogP contribution >= 0.6 is 0 Å². The molecule has 10 heteroatoms. The van der Waals surface area contributed by atoms with E-state index in [0.717, 1.165) is 30.7 Å². The van der Waals surface area contributed by atoms with E-state index in [2.05, 4.69) is 6.58 Å². The number of ether oxygens (including phenoxy) is 2. The lowest BCUT2D eigenvalue weighted by Gasteiger charge is -2.08. The van der Waals surface area contributed by atoms with Crippen molar-refractivity contribution in [1.82, 2.24) is 0 Å². The fourth-order valence-electron chi connectivity index (χ4n) is 4.25. The first-order chi connectivity index (χ1) is 21.6. The molecule has 45 heavy (non-hydrogen) atoms. The van der Waals surface area contributed by atoms with E-state index in [1.54, 1.807) is 6.07 Å². The minimum absolute atomic E-state index is 0.00518. The number of rotatable bonds is 15. The molecular formula is C35H30F5NO4. The van der Waals surface area contributed by atoms with Crippen molar-refractivity contribution in [2.24, 2.45) is 0 Å². The van der Waals surface area contributed by atoms with Crippen molar-refractivity contribution >= 4 is 17.5 Å². The van der Waals surface area contributed by atoms with E-state index in [1.807, 2.05) is 0 Å². The lowest BCUT2D eigenvalue weighted by atomic mass is 10.0. The Morgan fingerprint density at radius 1 is 0.733 bits per heavy atom. The zero-order valence-electron chi connectivity index (χ0n) is 24.3. The first kappa shape index (κ1) is 34.5. The van der Waals surface area contributed by atoms with Gasteiger partial charge < -0.3 is 9.47 Å². The molecule has 0 aliphatic heterocycles. The van der Waals surface area contributed by atoms with Crippen molar-refractivity contribution in [3.05, 3.63) is 114 Å². The molecule has 0 heterocycles. The van der Waals surface area contributed by atoms with Crippen molar-refractivity contribution < 1.29 is 41.0 Å². The average Bonchev–Trinajstić information content (AvgIpc) is 3.01. The summed E-state index contributed by atoms with van der Waals surface area (Å²) in [5.41, 5.74) is 0.531. The van der Waals surface area contributed by atoms with Crippen molar-refractivity contribution in [3.8, 4) is 28.7 Å². The van der Waals surface area contributed by atoms with Gasteiger partial charge in [-0.25, -0.2) is 22.0 Å². The summed E-state index contributed by atoms with van der Waals surface area (Å²) in [4.78, 5) is 24.3. The van der Waals surface area contributed by atoms with Crippen molar-refractivity contribution in [1.29, 1.82) is 5.26 Å². The molecule has 0 radical (unpaired) electrons. The van der Waals surface area contributed by atoms with Crippen molar-refractivity contribution in [2.45, 2.75) is 44.9 Å². The van der Waals surface area contributed by atoms with Crippen LogP contribution < -0.4 is 9.47 Å². The Balaban J connectivity index is 1.35. The highest BCUT2D eigenvalue weighted by atomic mass is 19.2. The van der Waals surface area contributed by atoms with Gasteiger partial charge in [-0.15, -0.1) is 0 Å². The number of nitrogens with zero attached hydrogens (tertiary/aromatic N) is 1. The van der Waals surface area contributed by atoms with Crippen LogP contribution in [0.15, 0.2) is 85.0 Å². The van der Waals surface area contributed by atoms with Gasteiger partial charge in [0.2, 0.25) is 0 Å².